The second-order valence-corrected chi connectivity index (χ2v) is 3.67. The highest BCUT2D eigenvalue weighted by molar-refractivity contribution is 6.32. The van der Waals surface area contributed by atoms with Crippen LogP contribution in [-0.4, -0.2) is 13.0 Å². The zero-order valence-corrected chi connectivity index (χ0v) is 8.73. The van der Waals surface area contributed by atoms with Crippen molar-refractivity contribution in [3.05, 3.63) is 22.2 Å². The molecule has 3 nitrogen and oxygen atoms in total. The third-order valence-electron chi connectivity index (χ3n) is 2.44. The first-order valence-corrected chi connectivity index (χ1v) is 4.67. The monoisotopic (exact) mass is 211 g/mol. The average Bonchev–Trinajstić information content (AvgIpc) is 2.54. The Balaban J connectivity index is 2.65. The van der Waals surface area contributed by atoms with Crippen LogP contribution in [0.2, 0.25) is 5.02 Å². The van der Waals surface area contributed by atoms with Crippen LogP contribution in [0.5, 0.6) is 5.75 Å². The average molecular weight is 212 g/mol. The van der Waals surface area contributed by atoms with E-state index in [4.69, 9.17) is 16.3 Å². The number of hydrogen-bond donors (Lipinski definition) is 1. The second kappa shape index (κ2) is 3.17. The fraction of sp³-hybridized carbons (Fsp3) is 0.300. The first kappa shape index (κ1) is 9.34. The molecule has 0 spiro atoms. The smallest absolute Gasteiger partial charge is 0.228 e. The molecular formula is C10H10ClNO2. The summed E-state index contributed by atoms with van der Waals surface area (Å²) in [6.07, 6.45) is 0.387. The van der Waals surface area contributed by atoms with Crippen LogP contribution < -0.4 is 10.1 Å². The highest BCUT2D eigenvalue weighted by atomic mass is 35.5. The van der Waals surface area contributed by atoms with Crippen molar-refractivity contribution in [2.75, 3.05) is 12.4 Å². The van der Waals surface area contributed by atoms with Gasteiger partial charge in [-0.3, -0.25) is 4.79 Å². The van der Waals surface area contributed by atoms with E-state index < -0.39 is 0 Å². The topological polar surface area (TPSA) is 38.3 Å². The molecule has 1 heterocycles. The molecule has 0 unspecified atom stereocenters. The first-order chi connectivity index (χ1) is 6.63. The van der Waals surface area contributed by atoms with E-state index in [1.54, 1.807) is 13.2 Å². The van der Waals surface area contributed by atoms with Gasteiger partial charge in [0.2, 0.25) is 5.91 Å². The summed E-state index contributed by atoms with van der Waals surface area (Å²) in [5.74, 6) is 0.616. The summed E-state index contributed by atoms with van der Waals surface area (Å²) in [6.45, 7) is 1.90. The number of hydrogen-bond acceptors (Lipinski definition) is 2. The predicted molar refractivity (Wildman–Crippen MR) is 55.1 cm³/mol. The maximum atomic E-state index is 11.2. The number of fused-ring (bicyclic) bond motifs is 1. The summed E-state index contributed by atoms with van der Waals surface area (Å²) in [5.41, 5.74) is 2.65. The van der Waals surface area contributed by atoms with Gasteiger partial charge in [0.15, 0.2) is 0 Å². The molecule has 1 amide bonds. The Labute approximate surface area is 87.0 Å². The number of carbonyl (C=O) groups is 1. The lowest BCUT2D eigenvalue weighted by Crippen LogP contribution is -2.04. The molecule has 1 aliphatic rings. The summed E-state index contributed by atoms with van der Waals surface area (Å²) in [4.78, 5) is 11.2. The molecule has 0 aromatic heterocycles. The van der Waals surface area contributed by atoms with Gasteiger partial charge in [0, 0.05) is 11.1 Å². The van der Waals surface area contributed by atoms with Crippen LogP contribution in [0, 0.1) is 6.92 Å². The predicted octanol–water partition coefficient (Wildman–Crippen LogP) is 2.15. The van der Waals surface area contributed by atoms with Gasteiger partial charge in [0.05, 0.1) is 19.2 Å². The molecule has 0 saturated heterocycles. The number of amides is 1. The van der Waals surface area contributed by atoms with Gasteiger partial charge in [-0.1, -0.05) is 11.6 Å². The minimum absolute atomic E-state index is 0.0105. The second-order valence-electron chi connectivity index (χ2n) is 3.26. The summed E-state index contributed by atoms with van der Waals surface area (Å²) in [7, 11) is 1.56. The van der Waals surface area contributed by atoms with Crippen LogP contribution >= 0.6 is 11.6 Å². The Morgan fingerprint density at radius 3 is 2.93 bits per heavy atom. The fourth-order valence-electron chi connectivity index (χ4n) is 1.64. The zero-order chi connectivity index (χ0) is 10.3. The number of ether oxygens (including phenoxy) is 1. The van der Waals surface area contributed by atoms with Gasteiger partial charge in [-0.15, -0.1) is 0 Å². The summed E-state index contributed by atoms with van der Waals surface area (Å²) in [6, 6.07) is 1.72. The van der Waals surface area contributed by atoms with Crippen molar-refractivity contribution in [2.45, 2.75) is 13.3 Å². The molecule has 0 bridgehead atoms. The quantitative estimate of drug-likeness (QED) is 0.773. The minimum Gasteiger partial charge on any atom is -0.495 e. The van der Waals surface area contributed by atoms with E-state index >= 15 is 0 Å². The van der Waals surface area contributed by atoms with Crippen LogP contribution in [0.1, 0.15) is 11.1 Å². The Morgan fingerprint density at radius 2 is 2.29 bits per heavy atom. The van der Waals surface area contributed by atoms with E-state index in [0.717, 1.165) is 16.8 Å². The first-order valence-electron chi connectivity index (χ1n) is 4.29. The maximum absolute atomic E-state index is 11.2. The third kappa shape index (κ3) is 1.24. The van der Waals surface area contributed by atoms with Crippen molar-refractivity contribution in [1.82, 2.24) is 0 Å². The molecule has 1 aromatic rings. The number of carbonyl (C=O) groups excluding carboxylic acids is 1. The number of anilines is 1. The lowest BCUT2D eigenvalue weighted by molar-refractivity contribution is -0.115. The SMILES string of the molecule is COc1cc(Cl)c(C)c2c1NC(=O)C2. The van der Waals surface area contributed by atoms with E-state index in [1.807, 2.05) is 6.92 Å². The van der Waals surface area contributed by atoms with Crippen molar-refractivity contribution >= 4 is 23.2 Å². The van der Waals surface area contributed by atoms with E-state index in [2.05, 4.69) is 5.32 Å². The van der Waals surface area contributed by atoms with E-state index in [9.17, 15) is 4.79 Å². The van der Waals surface area contributed by atoms with Gasteiger partial charge in [0.25, 0.3) is 0 Å². The normalized spacial score (nSPS) is 13.8. The number of nitrogens with one attached hydrogen (secondary N) is 1. The molecule has 1 N–H and O–H groups in total. The van der Waals surface area contributed by atoms with E-state index in [-0.39, 0.29) is 5.91 Å². The van der Waals surface area contributed by atoms with Gasteiger partial charge >= 0.3 is 0 Å². The lowest BCUT2D eigenvalue weighted by atomic mass is 10.1. The molecule has 0 atom stereocenters. The standard InChI is InChI=1S/C10H10ClNO2/c1-5-6-3-9(13)12-10(6)8(14-2)4-7(5)11/h4H,3H2,1-2H3,(H,12,13). The van der Waals surface area contributed by atoms with Crippen molar-refractivity contribution < 1.29 is 9.53 Å². The molecule has 1 aromatic carbocycles. The van der Waals surface area contributed by atoms with E-state index in [1.165, 1.54) is 0 Å². The Kier molecular flexibility index (Phi) is 2.11. The number of methoxy groups -OCH3 is 1. The molecule has 0 aliphatic carbocycles. The van der Waals surface area contributed by atoms with Gasteiger partial charge in [-0.2, -0.15) is 0 Å². The highest BCUT2D eigenvalue weighted by Crippen LogP contribution is 2.39. The third-order valence-corrected chi connectivity index (χ3v) is 2.83. The molecule has 0 fully saturated rings. The molecular weight excluding hydrogens is 202 g/mol. The molecule has 0 saturated carbocycles. The Morgan fingerprint density at radius 1 is 1.57 bits per heavy atom. The van der Waals surface area contributed by atoms with Crippen LogP contribution in [0.4, 0.5) is 5.69 Å². The van der Waals surface area contributed by atoms with Gasteiger partial charge < -0.3 is 10.1 Å². The summed E-state index contributed by atoms with van der Waals surface area (Å²) < 4.78 is 5.14. The van der Waals surface area contributed by atoms with E-state index in [0.29, 0.717) is 17.2 Å². The fourth-order valence-corrected chi connectivity index (χ4v) is 1.85. The molecule has 4 heteroatoms. The van der Waals surface area contributed by atoms with Crippen molar-refractivity contribution in [1.29, 1.82) is 0 Å². The minimum atomic E-state index is -0.0105. The van der Waals surface area contributed by atoms with Gasteiger partial charge in [0.1, 0.15) is 5.75 Å². The zero-order valence-electron chi connectivity index (χ0n) is 7.98. The largest absolute Gasteiger partial charge is 0.495 e. The number of benzene rings is 1. The van der Waals surface area contributed by atoms with Gasteiger partial charge in [-0.05, 0) is 18.1 Å². The molecule has 0 radical (unpaired) electrons. The number of halogens is 1. The Bertz CT molecular complexity index is 415. The lowest BCUT2D eigenvalue weighted by Gasteiger charge is -2.10. The summed E-state index contributed by atoms with van der Waals surface area (Å²) in [5, 5.41) is 3.40. The van der Waals surface area contributed by atoms with Crippen LogP contribution in [-0.2, 0) is 11.2 Å². The van der Waals surface area contributed by atoms with Crippen molar-refractivity contribution in [3.8, 4) is 5.75 Å². The maximum Gasteiger partial charge on any atom is 0.228 e. The van der Waals surface area contributed by atoms with Crippen LogP contribution in [0.15, 0.2) is 6.07 Å². The molecule has 2 rings (SSSR count). The van der Waals surface area contributed by atoms with Crippen molar-refractivity contribution in [2.24, 2.45) is 0 Å². The number of rotatable bonds is 1. The van der Waals surface area contributed by atoms with Crippen LogP contribution in [0.25, 0.3) is 0 Å². The van der Waals surface area contributed by atoms with Crippen molar-refractivity contribution in [3.63, 3.8) is 0 Å². The Hall–Kier alpha value is -1.22. The summed E-state index contributed by atoms with van der Waals surface area (Å²) >= 11 is 6.00. The molecule has 14 heavy (non-hydrogen) atoms. The molecule has 1 aliphatic heterocycles. The molecule has 74 valence electrons. The van der Waals surface area contributed by atoms with Crippen LogP contribution in [0.3, 0.4) is 0 Å². The van der Waals surface area contributed by atoms with Gasteiger partial charge in [-0.25, -0.2) is 0 Å². The highest BCUT2D eigenvalue weighted by Gasteiger charge is 2.24.